The van der Waals surface area contributed by atoms with Gasteiger partial charge >= 0.3 is 5.97 Å². The van der Waals surface area contributed by atoms with Crippen molar-refractivity contribution < 1.29 is 54.8 Å². The van der Waals surface area contributed by atoms with E-state index in [9.17, 15) is 45.3 Å². The van der Waals surface area contributed by atoms with Crippen LogP contribution in [0.25, 0.3) is 6.08 Å². The molecule has 8 N–H and O–H groups in total. The number of fused-ring (bicyclic) bond motifs is 4. The normalized spacial score (nSPS) is 29.9. The Kier molecular flexibility index (Phi) is 11.2. The van der Waals surface area contributed by atoms with Gasteiger partial charge in [-0.25, -0.2) is 4.79 Å². The predicted octanol–water partition coefficient (Wildman–Crippen LogP) is 3.62. The van der Waals surface area contributed by atoms with Gasteiger partial charge in [0.15, 0.2) is 11.5 Å². The van der Waals surface area contributed by atoms with E-state index in [1.807, 2.05) is 25.1 Å². The van der Waals surface area contributed by atoms with Gasteiger partial charge < -0.3 is 50.5 Å². The van der Waals surface area contributed by atoms with Crippen molar-refractivity contribution >= 4 is 40.8 Å². The molecule has 3 aromatic rings. The Labute approximate surface area is 341 Å². The smallest absolute Gasteiger partial charge is 0.327 e. The summed E-state index contributed by atoms with van der Waals surface area (Å²) in [5.41, 5.74) is 5.07. The van der Waals surface area contributed by atoms with Gasteiger partial charge in [-0.1, -0.05) is 44.0 Å². The molecule has 8 rings (SSSR count). The summed E-state index contributed by atoms with van der Waals surface area (Å²) < 4.78 is 11.4. The molecule has 0 radical (unpaired) electrons. The van der Waals surface area contributed by atoms with Gasteiger partial charge in [0.1, 0.15) is 42.9 Å². The van der Waals surface area contributed by atoms with Crippen molar-refractivity contribution in [3.63, 3.8) is 0 Å². The SMILES string of the molecule is CCC1=NCN=C1Cc1cc(/C=C/C(=O)N2c3cc(O[C@@H]4O[C@H](CO)[C@@H](O)[C@H](O)[C@H]4O)c(O)cc3[C@H](C[C@@]34CCCC[C@@H]3CNc3ccccc34)[C@@H]2C(=O)O)ccc1O. The Morgan fingerprint density at radius 2 is 1.80 bits per heavy atom. The summed E-state index contributed by atoms with van der Waals surface area (Å²) in [6.45, 7) is 2.34. The number of carbonyl (C=O) groups excluding carboxylic acids is 1. The van der Waals surface area contributed by atoms with Crippen molar-refractivity contribution in [1.82, 2.24) is 0 Å². The highest BCUT2D eigenvalue weighted by Crippen LogP contribution is 2.58. The summed E-state index contributed by atoms with van der Waals surface area (Å²) in [5.74, 6) is -3.14. The van der Waals surface area contributed by atoms with Crippen LogP contribution in [-0.2, 0) is 26.2 Å². The van der Waals surface area contributed by atoms with Crippen LogP contribution in [0.4, 0.5) is 11.4 Å². The minimum atomic E-state index is -1.79. The first kappa shape index (κ1) is 40.5. The number of carboxylic acids is 1. The zero-order valence-corrected chi connectivity index (χ0v) is 32.6. The van der Waals surface area contributed by atoms with E-state index < -0.39 is 72.3 Å². The first-order valence-electron chi connectivity index (χ1n) is 20.2. The second kappa shape index (κ2) is 16.4. The molecule has 5 aliphatic rings. The number of rotatable bonds is 11. The molecule has 1 saturated heterocycles. The van der Waals surface area contributed by atoms with Crippen molar-refractivity contribution in [3.05, 3.63) is 82.9 Å². The lowest BCUT2D eigenvalue weighted by molar-refractivity contribution is -0.277. The number of carboxylic acid groups (broad SMARTS) is 1. The van der Waals surface area contributed by atoms with E-state index in [1.54, 1.807) is 18.2 Å². The second-order valence-corrected chi connectivity index (χ2v) is 16.1. The number of aliphatic hydroxyl groups excluding tert-OH is 4. The van der Waals surface area contributed by atoms with E-state index in [1.165, 1.54) is 29.2 Å². The van der Waals surface area contributed by atoms with Crippen LogP contribution in [-0.4, -0.2) is 116 Å². The van der Waals surface area contributed by atoms with Crippen LogP contribution in [0.5, 0.6) is 17.2 Å². The van der Waals surface area contributed by atoms with Crippen molar-refractivity contribution in [3.8, 4) is 17.2 Å². The first-order chi connectivity index (χ1) is 28.4. The number of anilines is 2. The maximum Gasteiger partial charge on any atom is 0.327 e. The zero-order valence-electron chi connectivity index (χ0n) is 32.6. The van der Waals surface area contributed by atoms with Gasteiger partial charge in [-0.3, -0.25) is 19.7 Å². The molecule has 0 bridgehead atoms. The molecule has 0 unspecified atom stereocenters. The molecule has 0 spiro atoms. The Balaban J connectivity index is 1.18. The molecule has 4 aliphatic heterocycles. The number of aliphatic imine (C=N–C) groups is 2. The van der Waals surface area contributed by atoms with Crippen molar-refractivity contribution in [1.29, 1.82) is 0 Å². The highest BCUT2D eigenvalue weighted by atomic mass is 16.7. The highest BCUT2D eigenvalue weighted by Gasteiger charge is 2.54. The Hall–Kier alpha value is -5.32. The number of phenols is 2. The van der Waals surface area contributed by atoms with Gasteiger partial charge in [0, 0.05) is 47.7 Å². The lowest BCUT2D eigenvalue weighted by Gasteiger charge is -2.50. The average Bonchev–Trinajstić information content (AvgIpc) is 3.82. The number of ether oxygens (including phenoxy) is 2. The average molecular weight is 811 g/mol. The van der Waals surface area contributed by atoms with Gasteiger partial charge in [-0.05, 0) is 78.6 Å². The van der Waals surface area contributed by atoms with Gasteiger partial charge in [-0.2, -0.15) is 0 Å². The third kappa shape index (κ3) is 7.35. The third-order valence-corrected chi connectivity index (χ3v) is 12.9. The molecule has 1 saturated carbocycles. The second-order valence-electron chi connectivity index (χ2n) is 16.1. The predicted molar refractivity (Wildman–Crippen MR) is 218 cm³/mol. The van der Waals surface area contributed by atoms with Crippen LogP contribution < -0.4 is 15.0 Å². The minimum Gasteiger partial charge on any atom is -0.508 e. The van der Waals surface area contributed by atoms with E-state index in [-0.39, 0.29) is 23.1 Å². The summed E-state index contributed by atoms with van der Waals surface area (Å²) in [6, 6.07) is 14.3. The van der Waals surface area contributed by atoms with Crippen molar-refractivity contribution in [2.45, 2.75) is 100.0 Å². The van der Waals surface area contributed by atoms with Crippen LogP contribution in [0.2, 0.25) is 0 Å². The maximum atomic E-state index is 14.5. The van der Waals surface area contributed by atoms with Crippen LogP contribution in [0.1, 0.15) is 73.6 Å². The number of benzene rings is 3. The molecule has 2 fully saturated rings. The number of hydrogen-bond acceptors (Lipinski definition) is 13. The molecule has 0 aromatic heterocycles. The van der Waals surface area contributed by atoms with Gasteiger partial charge in [0.2, 0.25) is 6.29 Å². The van der Waals surface area contributed by atoms with Crippen LogP contribution >= 0.6 is 0 Å². The first-order valence-corrected chi connectivity index (χ1v) is 20.2. The van der Waals surface area contributed by atoms with Gasteiger partial charge in [0.05, 0.1) is 23.7 Å². The molecular formula is C44H50N4O11. The van der Waals surface area contributed by atoms with Gasteiger partial charge in [-0.15, -0.1) is 0 Å². The minimum absolute atomic E-state index is 0.0624. The lowest BCUT2D eigenvalue weighted by Crippen LogP contribution is -2.60. The molecule has 15 nitrogen and oxygen atoms in total. The number of nitrogens with zero attached hydrogens (tertiary/aromatic N) is 3. The number of amides is 1. The molecule has 1 aliphatic carbocycles. The summed E-state index contributed by atoms with van der Waals surface area (Å²) in [6.07, 6.45) is -0.160. The standard InChI is InChI=1S/C44H50N4O11/c1-2-29-31(47-22-46-29)16-24-15-23(10-12-33(24)50)11-13-37(52)48-32-18-35(58-43-41(55)40(54)39(53)36(21-49)59-43)34(51)17-26(32)27(38(48)42(56)57)19-44-14-6-5-7-25(44)20-45-30-9-4-3-8-28(30)44/h3-4,8-13,15,17-18,25,27,36,38-41,43,45,49-51,53-55H,2,5-7,14,16,19-22H2,1H3,(H,56,57)/b13-11+/t25-,27+,36-,38-,39-,40+,41-,43-,44+/m1/s1. The van der Waals surface area contributed by atoms with Crippen LogP contribution in [0.3, 0.4) is 0 Å². The molecule has 15 heteroatoms. The fourth-order valence-corrected chi connectivity index (χ4v) is 9.90. The van der Waals surface area contributed by atoms with Crippen molar-refractivity contribution in [2.75, 3.05) is 30.0 Å². The number of aliphatic hydroxyl groups is 4. The van der Waals surface area contributed by atoms with E-state index in [4.69, 9.17) is 9.47 Å². The van der Waals surface area contributed by atoms with Gasteiger partial charge in [0.25, 0.3) is 5.91 Å². The Morgan fingerprint density at radius 1 is 1.00 bits per heavy atom. The van der Waals surface area contributed by atoms with E-state index in [2.05, 4.69) is 21.4 Å². The van der Waals surface area contributed by atoms with Crippen LogP contribution in [0.15, 0.2) is 70.7 Å². The molecule has 1 amide bonds. The highest BCUT2D eigenvalue weighted by molar-refractivity contribution is 6.43. The molecule has 59 heavy (non-hydrogen) atoms. The Morgan fingerprint density at radius 3 is 2.58 bits per heavy atom. The number of carbonyl (C=O) groups is 2. The third-order valence-electron chi connectivity index (χ3n) is 12.9. The lowest BCUT2D eigenvalue weighted by atomic mass is 9.56. The summed E-state index contributed by atoms with van der Waals surface area (Å²) in [7, 11) is 0. The fourth-order valence-electron chi connectivity index (χ4n) is 9.90. The van der Waals surface area contributed by atoms with E-state index in [0.29, 0.717) is 49.2 Å². The molecular weight excluding hydrogens is 761 g/mol. The molecule has 4 heterocycles. The maximum absolute atomic E-state index is 14.5. The monoisotopic (exact) mass is 810 g/mol. The molecule has 9 atom stereocenters. The largest absolute Gasteiger partial charge is 0.508 e. The number of phenolic OH excluding ortho intramolecular Hbond substituents is 2. The number of nitrogens with one attached hydrogen (secondary N) is 1. The zero-order chi connectivity index (χ0) is 41.6. The fraction of sp³-hybridized carbons (Fsp3) is 0.455. The Bertz CT molecular complexity index is 2210. The molecule has 312 valence electrons. The van der Waals surface area contributed by atoms with Crippen LogP contribution in [0, 0.1) is 5.92 Å². The molecule has 3 aromatic carbocycles. The number of hydrogen-bond donors (Lipinski definition) is 8. The number of aliphatic carboxylic acids is 1. The van der Waals surface area contributed by atoms with Crippen molar-refractivity contribution in [2.24, 2.45) is 15.9 Å². The number of para-hydroxylation sites is 1. The summed E-state index contributed by atoms with van der Waals surface area (Å²) in [5, 5.41) is 78.1. The quantitative estimate of drug-likeness (QED) is 0.130. The summed E-state index contributed by atoms with van der Waals surface area (Å²) in [4.78, 5) is 38.2. The van der Waals surface area contributed by atoms with E-state index >= 15 is 0 Å². The number of aromatic hydroxyl groups is 2. The van der Waals surface area contributed by atoms with E-state index in [0.717, 1.165) is 48.4 Å². The summed E-state index contributed by atoms with van der Waals surface area (Å²) >= 11 is 0. The topological polar surface area (TPSA) is 234 Å².